The van der Waals surface area contributed by atoms with Crippen molar-refractivity contribution in [1.82, 2.24) is 24.6 Å². The average Bonchev–Trinajstić information content (AvgIpc) is 3.48. The van der Waals surface area contributed by atoms with E-state index in [2.05, 4.69) is 50.5 Å². The van der Waals surface area contributed by atoms with Crippen molar-refractivity contribution in [2.45, 2.75) is 64.0 Å². The molecule has 1 aromatic carbocycles. The van der Waals surface area contributed by atoms with Gasteiger partial charge in [-0.2, -0.15) is 10.1 Å². The monoisotopic (exact) mass is 617 g/mol. The number of hydrogen-bond donors (Lipinski definition) is 3. The van der Waals surface area contributed by atoms with Crippen LogP contribution < -0.4 is 15.4 Å². The number of sulfone groups is 1. The summed E-state index contributed by atoms with van der Waals surface area (Å²) in [5.74, 6) is 1.75. The molecule has 3 aromatic rings. The summed E-state index contributed by atoms with van der Waals surface area (Å²) >= 11 is 6.45. The molecule has 1 atom stereocenters. The number of fused-ring (bicyclic) bond motifs is 1. The van der Waals surface area contributed by atoms with Crippen LogP contribution >= 0.6 is 11.6 Å². The summed E-state index contributed by atoms with van der Waals surface area (Å²) in [6, 6.07) is 2.09. The van der Waals surface area contributed by atoms with Crippen LogP contribution in [0.5, 0.6) is 5.75 Å². The molecule has 0 saturated carbocycles. The van der Waals surface area contributed by atoms with E-state index >= 15 is 0 Å². The van der Waals surface area contributed by atoms with Crippen LogP contribution in [0.1, 0.15) is 56.2 Å². The molecule has 1 fully saturated rings. The van der Waals surface area contributed by atoms with Gasteiger partial charge in [0.25, 0.3) is 0 Å². The highest BCUT2D eigenvalue weighted by atomic mass is 35.5. The van der Waals surface area contributed by atoms with Gasteiger partial charge in [-0.25, -0.2) is 13.4 Å². The van der Waals surface area contributed by atoms with E-state index in [1.165, 1.54) is 27.6 Å². The van der Waals surface area contributed by atoms with Gasteiger partial charge in [0.2, 0.25) is 11.0 Å². The number of nitrogens with zero attached hydrogens (tertiary/aromatic N) is 5. The lowest BCUT2D eigenvalue weighted by Gasteiger charge is -2.33. The summed E-state index contributed by atoms with van der Waals surface area (Å²) in [6.45, 7) is 10.8. The third-order valence-electron chi connectivity index (χ3n) is 7.74. The molecular weight excluding hydrogens is 578 g/mol. The highest BCUT2D eigenvalue weighted by Crippen LogP contribution is 2.45. The number of aliphatic hydroxyl groups is 1. The number of likely N-dealkylation sites (tertiary alicyclic amines) is 1. The van der Waals surface area contributed by atoms with Crippen LogP contribution in [-0.4, -0.2) is 76.3 Å². The van der Waals surface area contributed by atoms with E-state index in [0.29, 0.717) is 17.6 Å². The zero-order valence-electron chi connectivity index (χ0n) is 24.8. The van der Waals surface area contributed by atoms with E-state index in [-0.39, 0.29) is 40.2 Å². The predicted molar refractivity (Wildman–Crippen MR) is 164 cm³/mol. The Kier molecular flexibility index (Phi) is 8.98. The van der Waals surface area contributed by atoms with Crippen LogP contribution in [0.25, 0.3) is 0 Å². The normalized spacial score (nSPS) is 17.9. The molecule has 5 rings (SSSR count). The molecule has 11 nitrogen and oxygen atoms in total. The first-order chi connectivity index (χ1) is 19.9. The van der Waals surface area contributed by atoms with E-state index in [4.69, 9.17) is 16.3 Å². The van der Waals surface area contributed by atoms with Crippen molar-refractivity contribution >= 4 is 44.6 Å². The summed E-state index contributed by atoms with van der Waals surface area (Å²) in [4.78, 5) is 11.3. The highest BCUT2D eigenvalue weighted by Gasteiger charge is 2.32. The van der Waals surface area contributed by atoms with Crippen LogP contribution in [0.4, 0.5) is 23.1 Å². The number of aliphatic hydroxyl groups excluding tert-OH is 1. The molecule has 2 aromatic heterocycles. The second-order valence-corrected chi connectivity index (χ2v) is 14.1. The summed E-state index contributed by atoms with van der Waals surface area (Å²) in [6.07, 6.45) is 6.05. The van der Waals surface area contributed by atoms with Crippen LogP contribution in [0.3, 0.4) is 0 Å². The zero-order chi connectivity index (χ0) is 30.2. The number of hydrogen-bond acceptors (Lipinski definition) is 10. The second kappa shape index (κ2) is 12.4. The summed E-state index contributed by atoms with van der Waals surface area (Å²) in [5.41, 5.74) is 4.87. The smallest absolute Gasteiger partial charge is 0.229 e. The Hall–Kier alpha value is -2.93. The minimum absolute atomic E-state index is 0.0241. The Bertz CT molecular complexity index is 1550. The van der Waals surface area contributed by atoms with Gasteiger partial charge in [0.05, 0.1) is 29.9 Å². The van der Waals surface area contributed by atoms with Crippen molar-refractivity contribution in [2.75, 3.05) is 42.6 Å². The Morgan fingerprint density at radius 3 is 2.64 bits per heavy atom. The molecule has 1 saturated heterocycles. The maximum absolute atomic E-state index is 13.0. The number of anilines is 4. The number of piperidine rings is 1. The minimum atomic E-state index is -3.62. The van der Waals surface area contributed by atoms with E-state index in [1.54, 1.807) is 13.2 Å². The number of benzene rings is 1. The van der Waals surface area contributed by atoms with Crippen molar-refractivity contribution < 1.29 is 18.3 Å². The third kappa shape index (κ3) is 6.51. The Morgan fingerprint density at radius 2 is 1.95 bits per heavy atom. The van der Waals surface area contributed by atoms with Crippen LogP contribution in [-0.2, 0) is 23.3 Å². The lowest BCUT2D eigenvalue weighted by Crippen LogP contribution is -2.35. The van der Waals surface area contributed by atoms with Gasteiger partial charge in [0.1, 0.15) is 16.9 Å². The molecule has 42 heavy (non-hydrogen) atoms. The maximum Gasteiger partial charge on any atom is 0.229 e. The molecule has 4 heterocycles. The topological polar surface area (TPSA) is 134 Å². The number of rotatable bonds is 10. The van der Waals surface area contributed by atoms with Gasteiger partial charge in [-0.3, -0.25) is 4.68 Å². The number of β-amino-alcohol motifs (C(OH)–C–C–N with tert-alkyl or cyclic N) is 1. The molecule has 0 radical (unpaired) electrons. The van der Waals surface area contributed by atoms with Gasteiger partial charge in [-0.05, 0) is 68.8 Å². The first kappa shape index (κ1) is 30.5. The van der Waals surface area contributed by atoms with Gasteiger partial charge >= 0.3 is 0 Å². The SMILES string of the molecule is Cc1cc(Nc2ncc(Cl)c(Nc3cn(C)nc3S(=O)(=O)CC(C)C)n2)c2c(c1C1CCN(CCO)CC1)CC(C)O2. The van der Waals surface area contributed by atoms with Crippen molar-refractivity contribution in [2.24, 2.45) is 13.0 Å². The lowest BCUT2D eigenvalue weighted by atomic mass is 9.82. The molecule has 3 N–H and O–H groups in total. The zero-order valence-corrected chi connectivity index (χ0v) is 26.4. The molecular formula is C29H40ClN7O4S. The molecule has 2 aliphatic rings. The molecule has 0 spiro atoms. The number of aromatic nitrogens is 4. The molecule has 0 aliphatic carbocycles. The summed E-state index contributed by atoms with van der Waals surface area (Å²) in [7, 11) is -1.96. The Balaban J connectivity index is 1.42. The lowest BCUT2D eigenvalue weighted by molar-refractivity contribution is 0.164. The number of halogens is 1. The highest BCUT2D eigenvalue weighted by molar-refractivity contribution is 7.91. The molecule has 2 aliphatic heterocycles. The van der Waals surface area contributed by atoms with E-state index in [1.807, 2.05) is 13.8 Å². The molecule has 13 heteroatoms. The average molecular weight is 618 g/mol. The Labute approximate surface area is 252 Å². The quantitative estimate of drug-likeness (QED) is 0.297. The molecule has 0 bridgehead atoms. The molecule has 0 amide bonds. The minimum Gasteiger partial charge on any atom is -0.488 e. The van der Waals surface area contributed by atoms with Gasteiger partial charge in [-0.1, -0.05) is 25.4 Å². The van der Waals surface area contributed by atoms with Crippen LogP contribution in [0, 0.1) is 12.8 Å². The first-order valence-corrected chi connectivity index (χ1v) is 16.5. The maximum atomic E-state index is 13.0. The molecule has 228 valence electrons. The van der Waals surface area contributed by atoms with Gasteiger partial charge in [0, 0.05) is 31.8 Å². The fourth-order valence-electron chi connectivity index (χ4n) is 6.06. The summed E-state index contributed by atoms with van der Waals surface area (Å²) in [5, 5.41) is 20.1. The second-order valence-electron chi connectivity index (χ2n) is 11.8. The Morgan fingerprint density at radius 1 is 1.21 bits per heavy atom. The van der Waals surface area contributed by atoms with Gasteiger partial charge in [-0.15, -0.1) is 0 Å². The van der Waals surface area contributed by atoms with E-state index < -0.39 is 9.84 Å². The first-order valence-electron chi connectivity index (χ1n) is 14.4. The number of nitrogens with one attached hydrogen (secondary N) is 2. The fraction of sp³-hybridized carbons (Fsp3) is 0.552. The van der Waals surface area contributed by atoms with Crippen LogP contribution in [0.15, 0.2) is 23.5 Å². The van der Waals surface area contributed by atoms with E-state index in [9.17, 15) is 13.5 Å². The standard InChI is InChI=1S/C29H40ClN7O4S/c1-17(2)16-42(39,40)28-24(15-36(5)35-28)32-27-22(30)14-31-29(34-27)33-23-12-18(3)25(21-13-19(4)41-26(21)23)20-6-8-37(9-7-20)10-11-38/h12,14-15,17,19-20,38H,6-11,13,16H2,1-5H3,(H2,31,32,33,34). The van der Waals surface area contributed by atoms with Gasteiger partial charge < -0.3 is 25.4 Å². The van der Waals surface area contributed by atoms with Crippen molar-refractivity contribution in [3.63, 3.8) is 0 Å². The molecule has 1 unspecified atom stereocenters. The predicted octanol–water partition coefficient (Wildman–Crippen LogP) is 4.58. The van der Waals surface area contributed by atoms with Crippen LogP contribution in [0.2, 0.25) is 5.02 Å². The van der Waals surface area contributed by atoms with Crippen molar-refractivity contribution in [3.8, 4) is 5.75 Å². The van der Waals surface area contributed by atoms with E-state index in [0.717, 1.165) is 50.3 Å². The fourth-order valence-corrected chi connectivity index (χ4v) is 7.93. The van der Waals surface area contributed by atoms with Crippen molar-refractivity contribution in [1.29, 1.82) is 0 Å². The third-order valence-corrected chi connectivity index (χ3v) is 10.0. The number of aryl methyl sites for hydroxylation is 2. The van der Waals surface area contributed by atoms with Crippen molar-refractivity contribution in [3.05, 3.63) is 40.2 Å². The summed E-state index contributed by atoms with van der Waals surface area (Å²) < 4.78 is 33.8. The largest absolute Gasteiger partial charge is 0.488 e. The van der Waals surface area contributed by atoms with Gasteiger partial charge in [0.15, 0.2) is 15.7 Å². The number of ether oxygens (including phenoxy) is 1.